The number of hydrogen-bond acceptors (Lipinski definition) is 2. The molecule has 3 nitrogen and oxygen atoms in total. The third-order valence-electron chi connectivity index (χ3n) is 3.92. The second-order valence-electron chi connectivity index (χ2n) is 5.28. The van der Waals surface area contributed by atoms with Crippen LogP contribution in [0.2, 0.25) is 0 Å². The molecule has 1 fully saturated rings. The highest BCUT2D eigenvalue weighted by Crippen LogP contribution is 2.24. The van der Waals surface area contributed by atoms with Crippen molar-refractivity contribution in [2.75, 3.05) is 7.05 Å². The highest BCUT2D eigenvalue weighted by atomic mass is 16.2. The molecule has 1 aliphatic rings. The summed E-state index contributed by atoms with van der Waals surface area (Å²) in [5.41, 5.74) is 8.15. The summed E-state index contributed by atoms with van der Waals surface area (Å²) < 4.78 is 0. The van der Waals surface area contributed by atoms with Crippen molar-refractivity contribution in [1.29, 1.82) is 0 Å². The number of amides is 1. The van der Waals surface area contributed by atoms with Crippen LogP contribution >= 0.6 is 0 Å². The maximum absolute atomic E-state index is 12.3. The molecule has 2 N–H and O–H groups in total. The summed E-state index contributed by atoms with van der Waals surface area (Å²) >= 11 is 0. The number of nitrogens with two attached hydrogens (primary N) is 1. The van der Waals surface area contributed by atoms with Crippen LogP contribution in [0.25, 0.3) is 0 Å². The van der Waals surface area contributed by atoms with Gasteiger partial charge in [0.15, 0.2) is 0 Å². The van der Waals surface area contributed by atoms with Crippen molar-refractivity contribution in [3.63, 3.8) is 0 Å². The number of likely N-dealkylation sites (N-methyl/N-ethyl adjacent to an activating group) is 1. The van der Waals surface area contributed by atoms with Gasteiger partial charge in [-0.05, 0) is 25.3 Å². The van der Waals surface area contributed by atoms with E-state index in [1.165, 1.54) is 18.4 Å². The second-order valence-corrected chi connectivity index (χ2v) is 5.28. The molecule has 1 saturated carbocycles. The monoisotopic (exact) mass is 246 g/mol. The lowest BCUT2D eigenvalue weighted by molar-refractivity contribution is -0.133. The fourth-order valence-electron chi connectivity index (χ4n) is 2.61. The Morgan fingerprint density at radius 2 is 1.83 bits per heavy atom. The molecule has 1 atom stereocenters. The van der Waals surface area contributed by atoms with Gasteiger partial charge in [0.2, 0.25) is 5.91 Å². The van der Waals surface area contributed by atoms with E-state index in [1.807, 2.05) is 43.1 Å². The van der Waals surface area contributed by atoms with Crippen LogP contribution in [0.3, 0.4) is 0 Å². The zero-order chi connectivity index (χ0) is 13.1. The number of rotatable bonds is 3. The molecule has 1 aromatic rings. The topological polar surface area (TPSA) is 46.3 Å². The Morgan fingerprint density at radius 3 is 2.39 bits per heavy atom. The number of carbonyl (C=O) groups excluding carboxylic acids is 1. The number of aryl methyl sites for hydroxylation is 1. The van der Waals surface area contributed by atoms with Gasteiger partial charge in [0, 0.05) is 13.1 Å². The van der Waals surface area contributed by atoms with E-state index in [9.17, 15) is 4.79 Å². The van der Waals surface area contributed by atoms with Gasteiger partial charge in [0.25, 0.3) is 0 Å². The van der Waals surface area contributed by atoms with Gasteiger partial charge in [0.1, 0.15) is 6.04 Å². The molecule has 3 heteroatoms. The quantitative estimate of drug-likeness (QED) is 0.890. The van der Waals surface area contributed by atoms with Crippen LogP contribution in [-0.2, 0) is 4.79 Å². The predicted molar refractivity (Wildman–Crippen MR) is 73.1 cm³/mol. The van der Waals surface area contributed by atoms with E-state index >= 15 is 0 Å². The van der Waals surface area contributed by atoms with Gasteiger partial charge in [-0.1, -0.05) is 42.7 Å². The Morgan fingerprint density at radius 1 is 1.28 bits per heavy atom. The van der Waals surface area contributed by atoms with E-state index in [0.29, 0.717) is 6.04 Å². The first kappa shape index (κ1) is 13.1. The summed E-state index contributed by atoms with van der Waals surface area (Å²) in [6.07, 6.45) is 4.68. The molecular weight excluding hydrogens is 224 g/mol. The van der Waals surface area contributed by atoms with Gasteiger partial charge in [-0.25, -0.2) is 0 Å². The number of benzene rings is 1. The van der Waals surface area contributed by atoms with Gasteiger partial charge in [0.05, 0.1) is 0 Å². The van der Waals surface area contributed by atoms with Crippen molar-refractivity contribution in [3.8, 4) is 0 Å². The van der Waals surface area contributed by atoms with E-state index in [4.69, 9.17) is 5.73 Å². The molecule has 0 radical (unpaired) electrons. The summed E-state index contributed by atoms with van der Waals surface area (Å²) in [4.78, 5) is 14.2. The van der Waals surface area contributed by atoms with Gasteiger partial charge >= 0.3 is 0 Å². The van der Waals surface area contributed by atoms with Crippen LogP contribution < -0.4 is 5.73 Å². The SMILES string of the molecule is Cc1ccc(C(N)C(=O)N(C)C2CCCC2)cc1. The third kappa shape index (κ3) is 2.72. The van der Waals surface area contributed by atoms with Crippen LogP contribution in [0.1, 0.15) is 42.9 Å². The van der Waals surface area contributed by atoms with Crippen LogP contribution in [0.4, 0.5) is 0 Å². The molecule has 1 aliphatic carbocycles. The minimum atomic E-state index is -0.531. The van der Waals surface area contributed by atoms with E-state index in [1.54, 1.807) is 0 Å². The Labute approximate surface area is 109 Å². The van der Waals surface area contributed by atoms with Crippen molar-refractivity contribution < 1.29 is 4.79 Å². The third-order valence-corrected chi connectivity index (χ3v) is 3.92. The summed E-state index contributed by atoms with van der Waals surface area (Å²) in [5, 5.41) is 0. The van der Waals surface area contributed by atoms with Crippen LogP contribution in [-0.4, -0.2) is 23.9 Å². The average molecular weight is 246 g/mol. The Bertz CT molecular complexity index is 407. The largest absolute Gasteiger partial charge is 0.341 e. The average Bonchev–Trinajstić information content (AvgIpc) is 2.91. The highest BCUT2D eigenvalue weighted by molar-refractivity contribution is 5.83. The van der Waals surface area contributed by atoms with Crippen molar-refractivity contribution >= 4 is 5.91 Å². The smallest absolute Gasteiger partial charge is 0.244 e. The van der Waals surface area contributed by atoms with Crippen molar-refractivity contribution in [2.24, 2.45) is 5.73 Å². The lowest BCUT2D eigenvalue weighted by Crippen LogP contribution is -2.41. The normalized spacial score (nSPS) is 17.7. The zero-order valence-electron chi connectivity index (χ0n) is 11.2. The van der Waals surface area contributed by atoms with E-state index in [-0.39, 0.29) is 5.91 Å². The molecule has 2 rings (SSSR count). The summed E-state index contributed by atoms with van der Waals surface area (Å²) in [5.74, 6) is 0.0331. The Kier molecular flexibility index (Phi) is 4.02. The van der Waals surface area contributed by atoms with Crippen molar-refractivity contribution in [1.82, 2.24) is 4.90 Å². The molecule has 18 heavy (non-hydrogen) atoms. The lowest BCUT2D eigenvalue weighted by Gasteiger charge is -2.27. The fourth-order valence-corrected chi connectivity index (χ4v) is 2.61. The van der Waals surface area contributed by atoms with E-state index in [0.717, 1.165) is 18.4 Å². The molecule has 1 unspecified atom stereocenters. The fraction of sp³-hybridized carbons (Fsp3) is 0.533. The van der Waals surface area contributed by atoms with Crippen LogP contribution in [0.5, 0.6) is 0 Å². The summed E-state index contributed by atoms with van der Waals surface area (Å²) in [6.45, 7) is 2.03. The first-order valence-corrected chi connectivity index (χ1v) is 6.68. The minimum Gasteiger partial charge on any atom is -0.341 e. The molecule has 0 aliphatic heterocycles. The van der Waals surface area contributed by atoms with Gasteiger partial charge in [-0.2, -0.15) is 0 Å². The lowest BCUT2D eigenvalue weighted by atomic mass is 10.0. The molecular formula is C15H22N2O. The Balaban J connectivity index is 2.05. The molecule has 0 spiro atoms. The minimum absolute atomic E-state index is 0.0331. The molecule has 0 bridgehead atoms. The predicted octanol–water partition coefficient (Wildman–Crippen LogP) is 2.40. The van der Waals surface area contributed by atoms with E-state index in [2.05, 4.69) is 0 Å². The van der Waals surface area contributed by atoms with Crippen molar-refractivity contribution in [2.45, 2.75) is 44.7 Å². The molecule has 98 valence electrons. The maximum Gasteiger partial charge on any atom is 0.244 e. The first-order chi connectivity index (χ1) is 8.59. The Hall–Kier alpha value is -1.35. The number of hydrogen-bond donors (Lipinski definition) is 1. The number of nitrogens with zero attached hydrogens (tertiary/aromatic N) is 1. The van der Waals surface area contributed by atoms with Gasteiger partial charge in [-0.3, -0.25) is 4.79 Å². The summed E-state index contributed by atoms with van der Waals surface area (Å²) in [6, 6.07) is 7.74. The van der Waals surface area contributed by atoms with Gasteiger partial charge < -0.3 is 10.6 Å². The molecule has 0 aromatic heterocycles. The first-order valence-electron chi connectivity index (χ1n) is 6.68. The standard InChI is InChI=1S/C15H22N2O/c1-11-7-9-12(10-8-11)14(16)15(18)17(2)13-5-3-4-6-13/h7-10,13-14H,3-6,16H2,1-2H3. The summed E-state index contributed by atoms with van der Waals surface area (Å²) in [7, 11) is 1.88. The molecule has 1 amide bonds. The molecule has 1 aromatic carbocycles. The van der Waals surface area contributed by atoms with Crippen LogP contribution in [0, 0.1) is 6.92 Å². The van der Waals surface area contributed by atoms with Gasteiger partial charge in [-0.15, -0.1) is 0 Å². The zero-order valence-corrected chi connectivity index (χ0v) is 11.2. The van der Waals surface area contributed by atoms with Crippen LogP contribution in [0.15, 0.2) is 24.3 Å². The molecule has 0 saturated heterocycles. The van der Waals surface area contributed by atoms with E-state index < -0.39 is 6.04 Å². The number of carbonyl (C=O) groups is 1. The maximum atomic E-state index is 12.3. The second kappa shape index (κ2) is 5.53. The van der Waals surface area contributed by atoms with Crippen molar-refractivity contribution in [3.05, 3.63) is 35.4 Å². The highest BCUT2D eigenvalue weighted by Gasteiger charge is 2.27. The molecule has 0 heterocycles.